The summed E-state index contributed by atoms with van der Waals surface area (Å²) in [5.74, 6) is 0. The Morgan fingerprint density at radius 2 is 1.85 bits per heavy atom. The van der Waals surface area contributed by atoms with E-state index >= 15 is 0 Å². The van der Waals surface area contributed by atoms with Gasteiger partial charge in [0, 0.05) is 4.91 Å². The third kappa shape index (κ3) is 0.939. The minimum atomic E-state index is 1.07. The molecule has 1 heteroatoms. The molecular formula is C12H8S. The summed E-state index contributed by atoms with van der Waals surface area (Å²) in [7, 11) is 0. The van der Waals surface area contributed by atoms with Crippen molar-refractivity contribution in [3.63, 3.8) is 0 Å². The Balaban J connectivity index is 2.50. The van der Waals surface area contributed by atoms with Crippen molar-refractivity contribution in [1.29, 1.82) is 0 Å². The topological polar surface area (TPSA) is 0 Å². The molecule has 0 bridgehead atoms. The van der Waals surface area contributed by atoms with E-state index in [4.69, 9.17) is 0 Å². The molecule has 0 aromatic heterocycles. The average molecular weight is 184 g/mol. The number of allylic oxidation sites excluding steroid dienone is 1. The van der Waals surface area contributed by atoms with Crippen molar-refractivity contribution < 1.29 is 0 Å². The Morgan fingerprint density at radius 1 is 0.923 bits per heavy atom. The summed E-state index contributed by atoms with van der Waals surface area (Å²) in [4.78, 5) is 1.07. The maximum absolute atomic E-state index is 4.41. The van der Waals surface area contributed by atoms with Crippen LogP contribution < -0.4 is 10.4 Å². The summed E-state index contributed by atoms with van der Waals surface area (Å²) in [6, 6.07) is 4.41. The molecule has 0 heterocycles. The summed E-state index contributed by atoms with van der Waals surface area (Å²) in [6.07, 6.45) is 10.5. The molecule has 0 saturated carbocycles. The number of fused-ring (bicyclic) bond motifs is 2. The molecule has 0 spiro atoms. The van der Waals surface area contributed by atoms with Crippen molar-refractivity contribution in [2.75, 3.05) is 0 Å². The van der Waals surface area contributed by atoms with Crippen LogP contribution in [0.15, 0.2) is 24.3 Å². The minimum Gasteiger partial charge on any atom is -0.143 e. The van der Waals surface area contributed by atoms with Gasteiger partial charge in [-0.3, -0.25) is 0 Å². The highest BCUT2D eigenvalue weighted by atomic mass is 32.1. The normalized spacial score (nSPS) is 15.9. The molecule has 13 heavy (non-hydrogen) atoms. The molecule has 62 valence electrons. The lowest BCUT2D eigenvalue weighted by Crippen LogP contribution is -2.13. The second-order valence-electron chi connectivity index (χ2n) is 3.31. The van der Waals surface area contributed by atoms with Gasteiger partial charge in [0.1, 0.15) is 0 Å². The van der Waals surface area contributed by atoms with E-state index in [-0.39, 0.29) is 0 Å². The zero-order valence-electron chi connectivity index (χ0n) is 6.99. The first-order chi connectivity index (χ1) is 6.34. The fourth-order valence-electron chi connectivity index (χ4n) is 1.81. The van der Waals surface area contributed by atoms with Gasteiger partial charge in [-0.25, -0.2) is 0 Å². The largest absolute Gasteiger partial charge is 0.143 e. The first kappa shape index (κ1) is 7.22. The molecule has 0 fully saturated rings. The quantitative estimate of drug-likeness (QED) is 0.581. The van der Waals surface area contributed by atoms with E-state index in [1.807, 2.05) is 6.08 Å². The molecule has 0 amide bonds. The van der Waals surface area contributed by atoms with Gasteiger partial charge in [0.25, 0.3) is 0 Å². The average Bonchev–Trinajstić information content (AvgIpc) is 2.70. The summed E-state index contributed by atoms with van der Waals surface area (Å²) in [5.41, 5.74) is 2.58. The van der Waals surface area contributed by atoms with Gasteiger partial charge >= 0.3 is 0 Å². The standard InChI is InChI=1S/C12H8S/c13-12-5-4-10-6-8-2-1-3-9(8)7-11(10)12/h1-7,13H. The van der Waals surface area contributed by atoms with Crippen molar-refractivity contribution in [3.8, 4) is 0 Å². The molecule has 2 aliphatic rings. The van der Waals surface area contributed by atoms with Gasteiger partial charge in [-0.15, -0.1) is 12.6 Å². The van der Waals surface area contributed by atoms with Crippen LogP contribution in [-0.4, -0.2) is 0 Å². The minimum absolute atomic E-state index is 1.07. The van der Waals surface area contributed by atoms with Gasteiger partial charge in [-0.05, 0) is 39.8 Å². The van der Waals surface area contributed by atoms with Crippen LogP contribution in [0, 0.1) is 0 Å². The van der Waals surface area contributed by atoms with Crippen LogP contribution in [0.25, 0.3) is 23.1 Å². The highest BCUT2D eigenvalue weighted by molar-refractivity contribution is 7.90. The van der Waals surface area contributed by atoms with Crippen molar-refractivity contribution in [2.45, 2.75) is 0 Å². The Bertz CT molecular complexity index is 560. The fraction of sp³-hybridized carbons (Fsp3) is 0. The molecule has 1 aromatic carbocycles. The van der Waals surface area contributed by atoms with E-state index < -0.39 is 0 Å². The maximum Gasteiger partial charge on any atom is 0.0119 e. The Hall–Kier alpha value is -1.21. The summed E-state index contributed by atoms with van der Waals surface area (Å²) in [6.45, 7) is 0. The molecule has 2 aliphatic carbocycles. The first-order valence-electron chi connectivity index (χ1n) is 4.28. The zero-order valence-corrected chi connectivity index (χ0v) is 7.88. The van der Waals surface area contributed by atoms with Gasteiger partial charge in [-0.1, -0.05) is 24.3 Å². The van der Waals surface area contributed by atoms with Crippen molar-refractivity contribution >= 4 is 35.8 Å². The number of hydrogen-bond acceptors (Lipinski definition) is 1. The molecule has 1 aromatic rings. The molecule has 0 N–H and O–H groups in total. The molecule has 0 saturated heterocycles. The van der Waals surface area contributed by atoms with E-state index in [9.17, 15) is 0 Å². The fourth-order valence-corrected chi connectivity index (χ4v) is 2.08. The number of hydrogen-bond donors (Lipinski definition) is 1. The monoisotopic (exact) mass is 184 g/mol. The molecule has 0 nitrogen and oxygen atoms in total. The van der Waals surface area contributed by atoms with Gasteiger partial charge in [0.15, 0.2) is 0 Å². The lowest BCUT2D eigenvalue weighted by atomic mass is 10.1. The van der Waals surface area contributed by atoms with Crippen LogP contribution in [0.1, 0.15) is 11.1 Å². The molecule has 0 aliphatic heterocycles. The molecule has 0 atom stereocenters. The van der Waals surface area contributed by atoms with Crippen LogP contribution in [0.2, 0.25) is 0 Å². The highest BCUT2D eigenvalue weighted by Gasteiger charge is 2.05. The predicted molar refractivity (Wildman–Crippen MR) is 60.6 cm³/mol. The lowest BCUT2D eigenvalue weighted by molar-refractivity contribution is 1.51. The van der Waals surface area contributed by atoms with E-state index in [1.165, 1.54) is 21.6 Å². The second kappa shape index (κ2) is 2.39. The van der Waals surface area contributed by atoms with Gasteiger partial charge in [-0.2, -0.15) is 0 Å². The van der Waals surface area contributed by atoms with E-state index in [1.54, 1.807) is 0 Å². The number of thiol groups is 1. The molecule has 0 radical (unpaired) electrons. The van der Waals surface area contributed by atoms with Crippen LogP contribution in [0.4, 0.5) is 0 Å². The number of rotatable bonds is 0. The van der Waals surface area contributed by atoms with Crippen LogP contribution in [0.3, 0.4) is 0 Å². The first-order valence-corrected chi connectivity index (χ1v) is 4.73. The van der Waals surface area contributed by atoms with Crippen LogP contribution >= 0.6 is 12.6 Å². The lowest BCUT2D eigenvalue weighted by Gasteiger charge is -1.95. The SMILES string of the molecule is SC1=c2cc3c(cc2C=C1)=CC=C3. The van der Waals surface area contributed by atoms with Gasteiger partial charge < -0.3 is 0 Å². The summed E-state index contributed by atoms with van der Waals surface area (Å²) >= 11 is 4.41. The molecule has 3 rings (SSSR count). The van der Waals surface area contributed by atoms with Gasteiger partial charge in [0.05, 0.1) is 0 Å². The second-order valence-corrected chi connectivity index (χ2v) is 3.79. The van der Waals surface area contributed by atoms with Crippen molar-refractivity contribution in [1.82, 2.24) is 0 Å². The Morgan fingerprint density at radius 3 is 2.77 bits per heavy atom. The van der Waals surface area contributed by atoms with Crippen molar-refractivity contribution in [2.24, 2.45) is 0 Å². The van der Waals surface area contributed by atoms with E-state index in [2.05, 4.69) is 49.1 Å². The third-order valence-corrected chi connectivity index (χ3v) is 2.89. The van der Waals surface area contributed by atoms with Crippen LogP contribution in [0.5, 0.6) is 0 Å². The zero-order chi connectivity index (χ0) is 8.84. The van der Waals surface area contributed by atoms with E-state index in [0.717, 1.165) is 4.91 Å². The summed E-state index contributed by atoms with van der Waals surface area (Å²) < 4.78 is 0. The highest BCUT2D eigenvalue weighted by Crippen LogP contribution is 2.13. The smallest absolute Gasteiger partial charge is 0.0119 e. The Labute approximate surface area is 82.0 Å². The third-order valence-electron chi connectivity index (χ3n) is 2.50. The predicted octanol–water partition coefficient (Wildman–Crippen LogP) is 1.56. The van der Waals surface area contributed by atoms with E-state index in [0.29, 0.717) is 0 Å². The van der Waals surface area contributed by atoms with Crippen LogP contribution in [-0.2, 0) is 0 Å². The Kier molecular flexibility index (Phi) is 1.33. The number of benzene rings is 1. The molecule has 0 unspecified atom stereocenters. The molecular weight excluding hydrogens is 176 g/mol. The van der Waals surface area contributed by atoms with Gasteiger partial charge in [0.2, 0.25) is 0 Å². The summed E-state index contributed by atoms with van der Waals surface area (Å²) in [5, 5.41) is 2.56. The maximum atomic E-state index is 4.41. The van der Waals surface area contributed by atoms with Crippen molar-refractivity contribution in [3.05, 3.63) is 45.8 Å².